The van der Waals surface area contributed by atoms with E-state index in [4.69, 9.17) is 5.73 Å². The van der Waals surface area contributed by atoms with Crippen molar-refractivity contribution in [3.63, 3.8) is 0 Å². The first-order valence-electron chi connectivity index (χ1n) is 6.44. The number of nitrogens with two attached hydrogens (primary N) is 1. The highest BCUT2D eigenvalue weighted by Gasteiger charge is 2.20. The second-order valence-corrected chi connectivity index (χ2v) is 6.59. The highest BCUT2D eigenvalue weighted by molar-refractivity contribution is 7.89. The summed E-state index contributed by atoms with van der Waals surface area (Å²) in [5.41, 5.74) is 6.80. The molecule has 0 saturated carbocycles. The standard InChI is InChI=1S/C15H17FN2O2S/c1-10-14(16)8-13(9-15(10)17)21(19,20)18-11(2)12-6-4-3-5-7-12/h3-9,11,18H,17H2,1-2H3/t11-/m1/s1. The van der Waals surface area contributed by atoms with Crippen molar-refractivity contribution < 1.29 is 12.8 Å². The number of nitrogen functional groups attached to an aromatic ring is 1. The van der Waals surface area contributed by atoms with Crippen LogP contribution >= 0.6 is 0 Å². The van der Waals surface area contributed by atoms with E-state index in [2.05, 4.69) is 4.72 Å². The van der Waals surface area contributed by atoms with Crippen molar-refractivity contribution in [1.29, 1.82) is 0 Å². The third kappa shape index (κ3) is 3.40. The van der Waals surface area contributed by atoms with Crippen LogP contribution in [0.25, 0.3) is 0 Å². The summed E-state index contributed by atoms with van der Waals surface area (Å²) in [5.74, 6) is -0.636. The summed E-state index contributed by atoms with van der Waals surface area (Å²) >= 11 is 0. The third-order valence-electron chi connectivity index (χ3n) is 3.30. The van der Waals surface area contributed by atoms with Crippen LogP contribution in [0.4, 0.5) is 10.1 Å². The molecule has 0 spiro atoms. The van der Waals surface area contributed by atoms with E-state index >= 15 is 0 Å². The summed E-state index contributed by atoms with van der Waals surface area (Å²) in [6, 6.07) is 10.9. The summed E-state index contributed by atoms with van der Waals surface area (Å²) in [5, 5.41) is 0. The van der Waals surface area contributed by atoms with Gasteiger partial charge in [0.2, 0.25) is 10.0 Å². The monoisotopic (exact) mass is 308 g/mol. The van der Waals surface area contributed by atoms with Crippen molar-refractivity contribution in [3.8, 4) is 0 Å². The topological polar surface area (TPSA) is 72.2 Å². The minimum absolute atomic E-state index is 0.114. The average Bonchev–Trinajstić information content (AvgIpc) is 2.44. The molecule has 0 fully saturated rings. The average molecular weight is 308 g/mol. The summed E-state index contributed by atoms with van der Waals surface area (Å²) in [6.07, 6.45) is 0. The number of nitrogens with one attached hydrogen (secondary N) is 1. The van der Waals surface area contributed by atoms with Crippen LogP contribution in [0.1, 0.15) is 24.1 Å². The molecule has 0 amide bonds. The van der Waals surface area contributed by atoms with Crippen LogP contribution in [0.2, 0.25) is 0 Å². The van der Waals surface area contributed by atoms with Gasteiger partial charge in [-0.1, -0.05) is 30.3 Å². The molecule has 0 aromatic heterocycles. The molecule has 2 aromatic carbocycles. The van der Waals surface area contributed by atoms with E-state index in [0.29, 0.717) is 0 Å². The Morgan fingerprint density at radius 3 is 2.38 bits per heavy atom. The maximum atomic E-state index is 13.7. The molecular weight excluding hydrogens is 291 g/mol. The lowest BCUT2D eigenvalue weighted by Gasteiger charge is -2.15. The van der Waals surface area contributed by atoms with E-state index < -0.39 is 21.9 Å². The molecule has 0 bridgehead atoms. The Kier molecular flexibility index (Phi) is 4.29. The molecule has 0 heterocycles. The number of benzene rings is 2. The maximum Gasteiger partial charge on any atom is 0.241 e. The fourth-order valence-electron chi connectivity index (χ4n) is 1.94. The molecule has 112 valence electrons. The van der Waals surface area contributed by atoms with E-state index in [-0.39, 0.29) is 16.1 Å². The fourth-order valence-corrected chi connectivity index (χ4v) is 3.22. The van der Waals surface area contributed by atoms with Crippen LogP contribution in [0.5, 0.6) is 0 Å². The van der Waals surface area contributed by atoms with Gasteiger partial charge in [0.25, 0.3) is 0 Å². The van der Waals surface area contributed by atoms with Crippen LogP contribution in [-0.4, -0.2) is 8.42 Å². The smallest absolute Gasteiger partial charge is 0.241 e. The first kappa shape index (κ1) is 15.5. The summed E-state index contributed by atoms with van der Waals surface area (Å²) in [4.78, 5) is -0.175. The molecule has 0 radical (unpaired) electrons. The molecule has 4 nitrogen and oxygen atoms in total. The van der Waals surface area contributed by atoms with Gasteiger partial charge >= 0.3 is 0 Å². The van der Waals surface area contributed by atoms with E-state index in [9.17, 15) is 12.8 Å². The minimum Gasteiger partial charge on any atom is -0.398 e. The lowest BCUT2D eigenvalue weighted by Crippen LogP contribution is -2.27. The summed E-state index contributed by atoms with van der Waals surface area (Å²) in [7, 11) is -3.84. The van der Waals surface area contributed by atoms with E-state index in [0.717, 1.165) is 11.6 Å². The van der Waals surface area contributed by atoms with Gasteiger partial charge in [-0.05, 0) is 31.5 Å². The van der Waals surface area contributed by atoms with Crippen LogP contribution in [-0.2, 0) is 10.0 Å². The van der Waals surface area contributed by atoms with Gasteiger partial charge in [0.15, 0.2) is 0 Å². The van der Waals surface area contributed by atoms with Crippen LogP contribution in [0, 0.1) is 12.7 Å². The van der Waals surface area contributed by atoms with E-state index in [1.807, 2.05) is 30.3 Å². The molecule has 6 heteroatoms. The van der Waals surface area contributed by atoms with Crippen molar-refractivity contribution in [2.75, 3.05) is 5.73 Å². The van der Waals surface area contributed by atoms with Gasteiger partial charge in [0.05, 0.1) is 4.90 Å². The predicted octanol–water partition coefficient (Wildman–Crippen LogP) is 2.76. The SMILES string of the molecule is Cc1c(N)cc(S(=O)(=O)N[C@H](C)c2ccccc2)cc1F. The first-order valence-corrected chi connectivity index (χ1v) is 7.92. The Labute approximate surface area is 123 Å². The van der Waals surface area contributed by atoms with Gasteiger partial charge < -0.3 is 5.73 Å². The number of hydrogen-bond donors (Lipinski definition) is 2. The lowest BCUT2D eigenvalue weighted by atomic mass is 10.1. The zero-order chi connectivity index (χ0) is 15.6. The molecular formula is C15H17FN2O2S. The van der Waals surface area contributed by atoms with E-state index in [1.165, 1.54) is 13.0 Å². The van der Waals surface area contributed by atoms with Crippen LogP contribution in [0.15, 0.2) is 47.4 Å². The highest BCUT2D eigenvalue weighted by atomic mass is 32.2. The summed E-state index contributed by atoms with van der Waals surface area (Å²) < 4.78 is 40.8. The third-order valence-corrected chi connectivity index (χ3v) is 4.82. The van der Waals surface area contributed by atoms with Crippen molar-refractivity contribution in [1.82, 2.24) is 4.72 Å². The molecule has 0 aliphatic heterocycles. The Bertz CT molecular complexity index is 723. The largest absolute Gasteiger partial charge is 0.398 e. The van der Waals surface area contributed by atoms with E-state index in [1.54, 1.807) is 6.92 Å². The fraction of sp³-hybridized carbons (Fsp3) is 0.200. The van der Waals surface area contributed by atoms with Crippen molar-refractivity contribution in [2.45, 2.75) is 24.8 Å². The van der Waals surface area contributed by atoms with Gasteiger partial charge in [0.1, 0.15) is 5.82 Å². The van der Waals surface area contributed by atoms with Crippen LogP contribution in [0.3, 0.4) is 0 Å². The minimum atomic E-state index is -3.84. The van der Waals surface area contributed by atoms with Crippen molar-refractivity contribution >= 4 is 15.7 Å². The lowest BCUT2D eigenvalue weighted by molar-refractivity contribution is 0.563. The maximum absolute atomic E-state index is 13.7. The normalized spacial score (nSPS) is 13.1. The zero-order valence-electron chi connectivity index (χ0n) is 11.8. The Balaban J connectivity index is 2.31. The second kappa shape index (κ2) is 5.83. The van der Waals surface area contributed by atoms with Gasteiger partial charge in [-0.25, -0.2) is 17.5 Å². The number of hydrogen-bond acceptors (Lipinski definition) is 3. The molecule has 2 aromatic rings. The molecule has 0 aliphatic rings. The summed E-state index contributed by atoms with van der Waals surface area (Å²) in [6.45, 7) is 3.22. The molecule has 3 N–H and O–H groups in total. The second-order valence-electron chi connectivity index (χ2n) is 4.87. The van der Waals surface area contributed by atoms with Gasteiger partial charge in [-0.3, -0.25) is 0 Å². The number of rotatable bonds is 4. The highest BCUT2D eigenvalue weighted by Crippen LogP contribution is 2.22. The Morgan fingerprint density at radius 2 is 1.81 bits per heavy atom. The predicted molar refractivity (Wildman–Crippen MR) is 80.7 cm³/mol. The van der Waals surface area contributed by atoms with Crippen molar-refractivity contribution in [2.24, 2.45) is 0 Å². The van der Waals surface area contributed by atoms with Crippen LogP contribution < -0.4 is 10.5 Å². The Morgan fingerprint density at radius 1 is 1.19 bits per heavy atom. The molecule has 0 saturated heterocycles. The molecule has 0 unspecified atom stereocenters. The molecule has 1 atom stereocenters. The van der Waals surface area contributed by atoms with Gasteiger partial charge in [-0.15, -0.1) is 0 Å². The quantitative estimate of drug-likeness (QED) is 0.853. The molecule has 2 rings (SSSR count). The number of sulfonamides is 1. The molecule has 0 aliphatic carbocycles. The van der Waals surface area contributed by atoms with Gasteiger partial charge in [-0.2, -0.15) is 0 Å². The Hall–Kier alpha value is -1.92. The number of halogens is 1. The van der Waals surface area contributed by atoms with Gasteiger partial charge in [0, 0.05) is 17.3 Å². The zero-order valence-corrected chi connectivity index (χ0v) is 12.6. The van der Waals surface area contributed by atoms with Crippen molar-refractivity contribution in [3.05, 3.63) is 59.4 Å². The molecule has 21 heavy (non-hydrogen) atoms. The number of anilines is 1. The first-order chi connectivity index (χ1) is 9.81.